The summed E-state index contributed by atoms with van der Waals surface area (Å²) in [6.07, 6.45) is 5.37. The Morgan fingerprint density at radius 2 is 1.94 bits per heavy atom. The summed E-state index contributed by atoms with van der Waals surface area (Å²) in [5.41, 5.74) is 4.90. The van der Waals surface area contributed by atoms with Gasteiger partial charge in [0.05, 0.1) is 5.92 Å². The molecule has 4 nitrogen and oxygen atoms in total. The van der Waals surface area contributed by atoms with E-state index in [9.17, 15) is 9.59 Å². The van der Waals surface area contributed by atoms with Crippen molar-refractivity contribution in [2.75, 3.05) is 0 Å². The molecule has 0 spiro atoms. The second-order valence-corrected chi connectivity index (χ2v) is 4.88. The van der Waals surface area contributed by atoms with Gasteiger partial charge in [-0.3, -0.25) is 9.59 Å². The van der Waals surface area contributed by atoms with Gasteiger partial charge in [-0.05, 0) is 25.7 Å². The SMILES string of the molecule is CCCC(CC1(C(N)=O)CCCC1)C(=O)O. The van der Waals surface area contributed by atoms with Gasteiger partial charge in [-0.2, -0.15) is 0 Å². The lowest BCUT2D eigenvalue weighted by Gasteiger charge is -2.28. The number of hydrogen-bond donors (Lipinski definition) is 2. The molecule has 92 valence electrons. The average molecular weight is 227 g/mol. The zero-order chi connectivity index (χ0) is 12.2. The van der Waals surface area contributed by atoms with E-state index in [2.05, 4.69) is 0 Å². The van der Waals surface area contributed by atoms with Crippen LogP contribution in [0.25, 0.3) is 0 Å². The van der Waals surface area contributed by atoms with Crippen molar-refractivity contribution in [3.63, 3.8) is 0 Å². The molecule has 3 N–H and O–H groups in total. The summed E-state index contributed by atoms with van der Waals surface area (Å²) in [5.74, 6) is -1.53. The fourth-order valence-electron chi connectivity index (χ4n) is 2.74. The van der Waals surface area contributed by atoms with Gasteiger partial charge in [0.25, 0.3) is 0 Å². The molecule has 0 aromatic heterocycles. The van der Waals surface area contributed by atoms with Crippen LogP contribution in [0.4, 0.5) is 0 Å². The minimum atomic E-state index is -0.797. The van der Waals surface area contributed by atoms with Gasteiger partial charge in [-0.25, -0.2) is 0 Å². The van der Waals surface area contributed by atoms with E-state index in [1.165, 1.54) is 0 Å². The molecule has 1 aliphatic rings. The molecular weight excluding hydrogens is 206 g/mol. The summed E-state index contributed by atoms with van der Waals surface area (Å²) in [6, 6.07) is 0. The molecule has 0 radical (unpaired) electrons. The van der Waals surface area contributed by atoms with Gasteiger partial charge >= 0.3 is 5.97 Å². The van der Waals surface area contributed by atoms with Crippen LogP contribution in [-0.2, 0) is 9.59 Å². The molecule has 16 heavy (non-hydrogen) atoms. The smallest absolute Gasteiger partial charge is 0.306 e. The Kier molecular flexibility index (Phi) is 4.33. The summed E-state index contributed by atoms with van der Waals surface area (Å²) in [4.78, 5) is 22.6. The van der Waals surface area contributed by atoms with Crippen molar-refractivity contribution >= 4 is 11.9 Å². The Morgan fingerprint density at radius 1 is 1.38 bits per heavy atom. The number of carboxylic acids is 1. The lowest BCUT2D eigenvalue weighted by atomic mass is 9.76. The van der Waals surface area contributed by atoms with Crippen molar-refractivity contribution in [3.8, 4) is 0 Å². The van der Waals surface area contributed by atoms with E-state index in [1.807, 2.05) is 6.92 Å². The zero-order valence-corrected chi connectivity index (χ0v) is 9.87. The largest absolute Gasteiger partial charge is 0.481 e. The van der Waals surface area contributed by atoms with Crippen LogP contribution in [0, 0.1) is 11.3 Å². The second kappa shape index (κ2) is 5.32. The van der Waals surface area contributed by atoms with Gasteiger partial charge in [0.15, 0.2) is 0 Å². The second-order valence-electron chi connectivity index (χ2n) is 4.88. The van der Waals surface area contributed by atoms with Crippen LogP contribution in [0.15, 0.2) is 0 Å². The van der Waals surface area contributed by atoms with E-state index in [0.717, 1.165) is 32.1 Å². The van der Waals surface area contributed by atoms with Crippen molar-refractivity contribution in [2.24, 2.45) is 17.1 Å². The maximum Gasteiger partial charge on any atom is 0.306 e. The number of carboxylic acid groups (broad SMARTS) is 1. The number of aliphatic carboxylic acids is 1. The molecular formula is C12H21NO3. The molecule has 1 fully saturated rings. The van der Waals surface area contributed by atoms with Crippen molar-refractivity contribution < 1.29 is 14.7 Å². The van der Waals surface area contributed by atoms with Crippen molar-refractivity contribution in [1.82, 2.24) is 0 Å². The van der Waals surface area contributed by atoms with Crippen LogP contribution in [0.2, 0.25) is 0 Å². The van der Waals surface area contributed by atoms with Gasteiger partial charge in [-0.15, -0.1) is 0 Å². The number of rotatable bonds is 6. The summed E-state index contributed by atoms with van der Waals surface area (Å²) in [5, 5.41) is 9.11. The predicted molar refractivity (Wildman–Crippen MR) is 60.7 cm³/mol. The van der Waals surface area contributed by atoms with Gasteiger partial charge < -0.3 is 10.8 Å². The number of hydrogen-bond acceptors (Lipinski definition) is 2. The van der Waals surface area contributed by atoms with E-state index in [-0.39, 0.29) is 5.91 Å². The first kappa shape index (κ1) is 13.0. The van der Waals surface area contributed by atoms with Crippen molar-refractivity contribution in [2.45, 2.75) is 51.9 Å². The summed E-state index contributed by atoms with van der Waals surface area (Å²) >= 11 is 0. The maximum atomic E-state index is 11.5. The van der Waals surface area contributed by atoms with E-state index in [0.29, 0.717) is 12.8 Å². The first-order chi connectivity index (χ1) is 7.52. The molecule has 1 aliphatic carbocycles. The van der Waals surface area contributed by atoms with E-state index >= 15 is 0 Å². The highest BCUT2D eigenvalue weighted by Crippen LogP contribution is 2.43. The quantitative estimate of drug-likeness (QED) is 0.727. The van der Waals surface area contributed by atoms with E-state index in [1.54, 1.807) is 0 Å². The van der Waals surface area contributed by atoms with Gasteiger partial charge in [-0.1, -0.05) is 26.2 Å². The lowest BCUT2D eigenvalue weighted by molar-refractivity contribution is -0.144. The number of carbonyl (C=O) groups excluding carboxylic acids is 1. The molecule has 1 atom stereocenters. The number of amides is 1. The Hall–Kier alpha value is -1.06. The molecule has 4 heteroatoms. The number of nitrogens with two attached hydrogens (primary N) is 1. The topological polar surface area (TPSA) is 80.4 Å². The highest BCUT2D eigenvalue weighted by molar-refractivity contribution is 5.82. The minimum Gasteiger partial charge on any atom is -0.481 e. The van der Waals surface area contributed by atoms with Crippen LogP contribution in [0.3, 0.4) is 0 Å². The first-order valence-electron chi connectivity index (χ1n) is 6.04. The molecule has 1 amide bonds. The molecule has 0 bridgehead atoms. The lowest BCUT2D eigenvalue weighted by Crippen LogP contribution is -2.37. The average Bonchev–Trinajstić information content (AvgIpc) is 2.67. The molecule has 1 saturated carbocycles. The summed E-state index contributed by atoms with van der Waals surface area (Å²) < 4.78 is 0. The van der Waals surface area contributed by atoms with Crippen LogP contribution in [0.5, 0.6) is 0 Å². The standard InChI is InChI=1S/C12H21NO3/c1-2-5-9(10(14)15)8-12(11(13)16)6-3-4-7-12/h9H,2-8H2,1H3,(H2,13,16)(H,14,15). The maximum absolute atomic E-state index is 11.5. The fourth-order valence-corrected chi connectivity index (χ4v) is 2.74. The number of carbonyl (C=O) groups is 2. The fraction of sp³-hybridized carbons (Fsp3) is 0.833. The zero-order valence-electron chi connectivity index (χ0n) is 9.87. The van der Waals surface area contributed by atoms with Crippen molar-refractivity contribution in [3.05, 3.63) is 0 Å². The van der Waals surface area contributed by atoms with Crippen LogP contribution in [0.1, 0.15) is 51.9 Å². The molecule has 1 unspecified atom stereocenters. The highest BCUT2D eigenvalue weighted by atomic mass is 16.4. The molecule has 0 aromatic rings. The molecule has 0 heterocycles. The van der Waals surface area contributed by atoms with E-state index < -0.39 is 17.3 Å². The third kappa shape index (κ3) is 2.74. The Bertz CT molecular complexity index is 269. The van der Waals surface area contributed by atoms with Crippen molar-refractivity contribution in [1.29, 1.82) is 0 Å². The van der Waals surface area contributed by atoms with Gasteiger partial charge in [0, 0.05) is 5.41 Å². The molecule has 0 aromatic carbocycles. The normalized spacial score (nSPS) is 20.6. The summed E-state index contributed by atoms with van der Waals surface area (Å²) in [7, 11) is 0. The molecule has 0 aliphatic heterocycles. The minimum absolute atomic E-state index is 0.313. The van der Waals surface area contributed by atoms with E-state index in [4.69, 9.17) is 10.8 Å². The Labute approximate surface area is 96.2 Å². The predicted octanol–water partition coefficient (Wildman–Crippen LogP) is 1.92. The first-order valence-corrected chi connectivity index (χ1v) is 6.04. The Morgan fingerprint density at radius 3 is 2.31 bits per heavy atom. The highest BCUT2D eigenvalue weighted by Gasteiger charge is 2.42. The van der Waals surface area contributed by atoms with Crippen LogP contribution >= 0.6 is 0 Å². The number of primary amides is 1. The monoisotopic (exact) mass is 227 g/mol. The summed E-state index contributed by atoms with van der Waals surface area (Å²) in [6.45, 7) is 1.96. The molecule has 0 saturated heterocycles. The van der Waals surface area contributed by atoms with Gasteiger partial charge in [0.2, 0.25) is 5.91 Å². The van der Waals surface area contributed by atoms with Crippen LogP contribution in [-0.4, -0.2) is 17.0 Å². The third-order valence-corrected chi connectivity index (χ3v) is 3.71. The third-order valence-electron chi connectivity index (χ3n) is 3.71. The molecule has 1 rings (SSSR count). The van der Waals surface area contributed by atoms with Crippen LogP contribution < -0.4 is 5.73 Å². The Balaban J connectivity index is 2.73. The van der Waals surface area contributed by atoms with Gasteiger partial charge in [0.1, 0.15) is 0 Å².